The highest BCUT2D eigenvalue weighted by Gasteiger charge is 2.24. The monoisotopic (exact) mass is 355 g/mol. The van der Waals surface area contributed by atoms with Gasteiger partial charge in [-0.25, -0.2) is 10.2 Å². The van der Waals surface area contributed by atoms with E-state index in [4.69, 9.17) is 4.74 Å². The second-order valence-electron chi connectivity index (χ2n) is 6.11. The average molecular weight is 355 g/mol. The summed E-state index contributed by atoms with van der Waals surface area (Å²) in [6.45, 7) is 4.56. The zero-order valence-electron chi connectivity index (χ0n) is 14.7. The minimum Gasteiger partial charge on any atom is -0.450 e. The van der Waals surface area contributed by atoms with Gasteiger partial charge in [-0.3, -0.25) is 4.79 Å². The first-order valence-electron chi connectivity index (χ1n) is 8.69. The molecule has 0 unspecified atom stereocenters. The first-order chi connectivity index (χ1) is 12.6. The lowest BCUT2D eigenvalue weighted by molar-refractivity contribution is -0.121. The van der Waals surface area contributed by atoms with Crippen molar-refractivity contribution in [2.45, 2.75) is 19.8 Å². The van der Waals surface area contributed by atoms with Gasteiger partial charge in [-0.05, 0) is 24.6 Å². The van der Waals surface area contributed by atoms with E-state index in [1.54, 1.807) is 11.8 Å². The summed E-state index contributed by atoms with van der Waals surface area (Å²) in [7, 11) is 0. The standard InChI is InChI=1S/C18H21N5O3/c1-2-26-18(25)23-9-7-22(8-10-23)16-5-3-13(11-14(16)12-19)15-4-6-17(24)21-20-15/h3,5,11H,2,4,6-10H2,1H3,(H,21,24). The quantitative estimate of drug-likeness (QED) is 0.885. The summed E-state index contributed by atoms with van der Waals surface area (Å²) in [4.78, 5) is 26.8. The van der Waals surface area contributed by atoms with Crippen molar-refractivity contribution >= 4 is 23.4 Å². The van der Waals surface area contributed by atoms with Crippen LogP contribution in [0.3, 0.4) is 0 Å². The molecule has 2 heterocycles. The van der Waals surface area contributed by atoms with Crippen LogP contribution in [0.25, 0.3) is 0 Å². The van der Waals surface area contributed by atoms with Crippen molar-refractivity contribution in [2.24, 2.45) is 5.10 Å². The van der Waals surface area contributed by atoms with E-state index in [2.05, 4.69) is 21.5 Å². The van der Waals surface area contributed by atoms with Crippen molar-refractivity contribution in [3.63, 3.8) is 0 Å². The summed E-state index contributed by atoms with van der Waals surface area (Å²) < 4.78 is 5.03. The SMILES string of the molecule is CCOC(=O)N1CCN(c2ccc(C3=NNC(=O)CC3)cc2C#N)CC1. The summed E-state index contributed by atoms with van der Waals surface area (Å²) in [5, 5.41) is 13.6. The molecule has 3 rings (SSSR count). The first-order valence-corrected chi connectivity index (χ1v) is 8.69. The van der Waals surface area contributed by atoms with Crippen LogP contribution >= 0.6 is 0 Å². The number of nitrogens with zero attached hydrogens (tertiary/aromatic N) is 4. The maximum atomic E-state index is 11.8. The minimum atomic E-state index is -0.291. The average Bonchev–Trinajstić information content (AvgIpc) is 2.68. The van der Waals surface area contributed by atoms with Crippen molar-refractivity contribution in [2.75, 3.05) is 37.7 Å². The number of benzene rings is 1. The molecule has 2 aliphatic rings. The van der Waals surface area contributed by atoms with E-state index in [0.717, 1.165) is 17.0 Å². The Kier molecular flexibility index (Phi) is 5.37. The number of carbonyl (C=O) groups excluding carboxylic acids is 2. The zero-order valence-corrected chi connectivity index (χ0v) is 14.7. The van der Waals surface area contributed by atoms with E-state index in [0.29, 0.717) is 51.2 Å². The van der Waals surface area contributed by atoms with E-state index in [-0.39, 0.29) is 12.0 Å². The lowest BCUT2D eigenvalue weighted by atomic mass is 10.0. The third-order valence-corrected chi connectivity index (χ3v) is 4.50. The fourth-order valence-corrected chi connectivity index (χ4v) is 3.11. The van der Waals surface area contributed by atoms with E-state index in [1.165, 1.54) is 0 Å². The molecule has 26 heavy (non-hydrogen) atoms. The third kappa shape index (κ3) is 3.77. The Labute approximate surface area is 152 Å². The van der Waals surface area contributed by atoms with E-state index < -0.39 is 0 Å². The van der Waals surface area contributed by atoms with Crippen LogP contribution < -0.4 is 10.3 Å². The minimum absolute atomic E-state index is 0.0923. The Hall–Kier alpha value is -3.08. The summed E-state index contributed by atoms with van der Waals surface area (Å²) in [5.74, 6) is -0.0923. The van der Waals surface area contributed by atoms with Crippen LogP contribution in [0.4, 0.5) is 10.5 Å². The molecule has 8 nitrogen and oxygen atoms in total. The molecule has 0 bridgehead atoms. The Morgan fingerprint density at radius 2 is 2.08 bits per heavy atom. The summed E-state index contributed by atoms with van der Waals surface area (Å²) >= 11 is 0. The molecule has 0 aromatic heterocycles. The first kappa shape index (κ1) is 17.7. The number of ether oxygens (including phenoxy) is 1. The van der Waals surface area contributed by atoms with E-state index in [9.17, 15) is 14.9 Å². The van der Waals surface area contributed by atoms with Crippen molar-refractivity contribution < 1.29 is 14.3 Å². The van der Waals surface area contributed by atoms with Gasteiger partial charge in [-0.1, -0.05) is 6.07 Å². The lowest BCUT2D eigenvalue weighted by Gasteiger charge is -2.35. The van der Waals surface area contributed by atoms with Crippen LogP contribution in [-0.4, -0.2) is 55.4 Å². The number of piperazine rings is 1. The second kappa shape index (κ2) is 7.87. The predicted molar refractivity (Wildman–Crippen MR) is 95.9 cm³/mol. The van der Waals surface area contributed by atoms with Gasteiger partial charge in [0.1, 0.15) is 6.07 Å². The molecule has 8 heteroatoms. The van der Waals surface area contributed by atoms with Crippen LogP contribution in [0.1, 0.15) is 30.9 Å². The molecule has 1 saturated heterocycles. The molecule has 2 amide bonds. The van der Waals surface area contributed by atoms with E-state index >= 15 is 0 Å². The second-order valence-corrected chi connectivity index (χ2v) is 6.11. The van der Waals surface area contributed by atoms with Gasteiger partial charge in [0, 0.05) is 39.0 Å². The molecular formula is C18H21N5O3. The Bertz CT molecular complexity index is 776. The van der Waals surface area contributed by atoms with Gasteiger partial charge in [0.15, 0.2) is 0 Å². The maximum absolute atomic E-state index is 11.8. The van der Waals surface area contributed by atoms with Crippen LogP contribution in [0.2, 0.25) is 0 Å². The summed E-state index contributed by atoms with van der Waals surface area (Å²) in [6.07, 6.45) is 0.674. The number of carbonyl (C=O) groups is 2. The third-order valence-electron chi connectivity index (χ3n) is 4.50. The van der Waals surface area contributed by atoms with Crippen molar-refractivity contribution in [3.05, 3.63) is 29.3 Å². The molecular weight excluding hydrogens is 334 g/mol. The fraction of sp³-hybridized carbons (Fsp3) is 0.444. The molecule has 0 aliphatic carbocycles. The summed E-state index contributed by atoms with van der Waals surface area (Å²) in [5.41, 5.74) is 5.51. The number of rotatable bonds is 3. The number of hydrazone groups is 1. The lowest BCUT2D eigenvalue weighted by Crippen LogP contribution is -2.49. The molecule has 0 radical (unpaired) electrons. The normalized spacial score (nSPS) is 17.2. The van der Waals surface area contributed by atoms with Gasteiger partial charge in [0.2, 0.25) is 5.91 Å². The highest BCUT2D eigenvalue weighted by atomic mass is 16.6. The maximum Gasteiger partial charge on any atom is 0.409 e. The number of nitriles is 1. The summed E-state index contributed by atoms with van der Waals surface area (Å²) in [6, 6.07) is 7.89. The van der Waals surface area contributed by atoms with Gasteiger partial charge in [-0.2, -0.15) is 10.4 Å². The molecule has 1 N–H and O–H groups in total. The van der Waals surface area contributed by atoms with Gasteiger partial charge >= 0.3 is 6.09 Å². The van der Waals surface area contributed by atoms with E-state index in [1.807, 2.05) is 18.2 Å². The molecule has 136 valence electrons. The molecule has 1 aromatic carbocycles. The van der Waals surface area contributed by atoms with Crippen LogP contribution in [-0.2, 0) is 9.53 Å². The van der Waals surface area contributed by atoms with Crippen molar-refractivity contribution in [1.82, 2.24) is 10.3 Å². The largest absolute Gasteiger partial charge is 0.450 e. The van der Waals surface area contributed by atoms with Gasteiger partial charge in [0.05, 0.1) is 23.6 Å². The molecule has 1 fully saturated rings. The van der Waals surface area contributed by atoms with Crippen LogP contribution in [0, 0.1) is 11.3 Å². The Morgan fingerprint density at radius 1 is 1.31 bits per heavy atom. The van der Waals surface area contributed by atoms with Gasteiger partial charge in [0.25, 0.3) is 0 Å². The van der Waals surface area contributed by atoms with Crippen molar-refractivity contribution in [1.29, 1.82) is 5.26 Å². The highest BCUT2D eigenvalue weighted by Crippen LogP contribution is 2.24. The Morgan fingerprint density at radius 3 is 2.69 bits per heavy atom. The smallest absolute Gasteiger partial charge is 0.409 e. The highest BCUT2D eigenvalue weighted by molar-refractivity contribution is 6.04. The van der Waals surface area contributed by atoms with Gasteiger partial charge in [-0.15, -0.1) is 0 Å². The van der Waals surface area contributed by atoms with Crippen molar-refractivity contribution in [3.8, 4) is 6.07 Å². The molecule has 0 spiro atoms. The number of amides is 2. The van der Waals surface area contributed by atoms with Crippen LogP contribution in [0.5, 0.6) is 0 Å². The number of anilines is 1. The topological polar surface area (TPSA) is 98.0 Å². The van der Waals surface area contributed by atoms with Crippen LogP contribution in [0.15, 0.2) is 23.3 Å². The zero-order chi connectivity index (χ0) is 18.5. The Balaban J connectivity index is 1.72. The van der Waals surface area contributed by atoms with Gasteiger partial charge < -0.3 is 14.5 Å². The fourth-order valence-electron chi connectivity index (χ4n) is 3.11. The number of nitrogens with one attached hydrogen (secondary N) is 1. The number of hydrogen-bond acceptors (Lipinski definition) is 6. The molecule has 2 aliphatic heterocycles. The molecule has 1 aromatic rings. The molecule has 0 atom stereocenters. The predicted octanol–water partition coefficient (Wildman–Crippen LogP) is 1.45. The number of hydrogen-bond donors (Lipinski definition) is 1. The molecule has 0 saturated carbocycles.